The summed E-state index contributed by atoms with van der Waals surface area (Å²) in [4.78, 5) is 22.1. The quantitative estimate of drug-likeness (QED) is 0.530. The van der Waals surface area contributed by atoms with Crippen LogP contribution >= 0.6 is 0 Å². The van der Waals surface area contributed by atoms with Gasteiger partial charge >= 0.3 is 5.97 Å². The van der Waals surface area contributed by atoms with E-state index < -0.39 is 24.0 Å². The summed E-state index contributed by atoms with van der Waals surface area (Å²) in [6.07, 6.45) is 2.96. The van der Waals surface area contributed by atoms with E-state index in [-0.39, 0.29) is 0 Å². The lowest BCUT2D eigenvalue weighted by atomic mass is 10.1. The van der Waals surface area contributed by atoms with Crippen molar-refractivity contribution in [2.24, 2.45) is 5.73 Å². The lowest BCUT2D eigenvalue weighted by molar-refractivity contribution is -0.142. The van der Waals surface area contributed by atoms with Gasteiger partial charge in [0, 0.05) is 0 Å². The van der Waals surface area contributed by atoms with Gasteiger partial charge in [0.2, 0.25) is 5.91 Å². The first-order valence-corrected chi connectivity index (χ1v) is 4.92. The molecule has 1 unspecified atom stereocenters. The van der Waals surface area contributed by atoms with E-state index >= 15 is 0 Å². The molecular weight excluding hydrogens is 196 g/mol. The fraction of sp³-hybridized carbons (Fsp3) is 0.600. The number of carboxylic acids is 1. The van der Waals surface area contributed by atoms with E-state index in [1.165, 1.54) is 6.08 Å². The zero-order valence-corrected chi connectivity index (χ0v) is 8.90. The molecule has 1 amide bonds. The molecule has 0 bridgehead atoms. The summed E-state index contributed by atoms with van der Waals surface area (Å²) in [5.41, 5.74) is 5.50. The molecule has 0 saturated heterocycles. The minimum Gasteiger partial charge on any atom is -0.480 e. The maximum absolute atomic E-state index is 11.4. The Kier molecular flexibility index (Phi) is 6.37. The number of amides is 1. The molecule has 0 fully saturated rings. The molecule has 0 aliphatic heterocycles. The molecule has 0 spiro atoms. The van der Waals surface area contributed by atoms with Gasteiger partial charge in [-0.05, 0) is 12.8 Å². The molecule has 0 aromatic rings. The van der Waals surface area contributed by atoms with Crippen molar-refractivity contribution >= 4 is 11.9 Å². The van der Waals surface area contributed by atoms with E-state index in [2.05, 4.69) is 11.9 Å². The average molecular weight is 214 g/mol. The average Bonchev–Trinajstić information content (AvgIpc) is 2.17. The van der Waals surface area contributed by atoms with E-state index in [1.54, 1.807) is 0 Å². The molecule has 0 aromatic heterocycles. The monoisotopic (exact) mass is 214 g/mol. The number of hydrogen-bond donors (Lipinski definition) is 3. The molecule has 5 heteroatoms. The first kappa shape index (κ1) is 13.6. The third kappa shape index (κ3) is 5.17. The summed E-state index contributed by atoms with van der Waals surface area (Å²) < 4.78 is 0. The van der Waals surface area contributed by atoms with Crippen molar-refractivity contribution in [3.63, 3.8) is 0 Å². The number of nitrogens with one attached hydrogen (secondary N) is 1. The smallest absolute Gasteiger partial charge is 0.326 e. The predicted molar refractivity (Wildman–Crippen MR) is 57.3 cm³/mol. The van der Waals surface area contributed by atoms with Gasteiger partial charge in [0.1, 0.15) is 6.04 Å². The van der Waals surface area contributed by atoms with Gasteiger partial charge < -0.3 is 16.2 Å². The van der Waals surface area contributed by atoms with Crippen LogP contribution in [0.4, 0.5) is 0 Å². The van der Waals surface area contributed by atoms with Crippen molar-refractivity contribution < 1.29 is 14.7 Å². The molecule has 0 rings (SSSR count). The molecule has 0 saturated carbocycles. The zero-order valence-electron chi connectivity index (χ0n) is 8.90. The van der Waals surface area contributed by atoms with Crippen molar-refractivity contribution in [3.8, 4) is 0 Å². The Labute approximate surface area is 89.3 Å². The summed E-state index contributed by atoms with van der Waals surface area (Å²) in [5, 5.41) is 11.2. The zero-order chi connectivity index (χ0) is 11.8. The van der Waals surface area contributed by atoms with Crippen LogP contribution in [-0.4, -0.2) is 29.1 Å². The van der Waals surface area contributed by atoms with Gasteiger partial charge in [0.25, 0.3) is 0 Å². The first-order valence-electron chi connectivity index (χ1n) is 4.92. The van der Waals surface area contributed by atoms with Crippen molar-refractivity contribution in [1.29, 1.82) is 0 Å². The van der Waals surface area contributed by atoms with Crippen LogP contribution in [0, 0.1) is 0 Å². The molecule has 86 valence electrons. The minimum atomic E-state index is -1.03. The van der Waals surface area contributed by atoms with E-state index in [0.717, 1.165) is 0 Å². The SMILES string of the molecule is C=CCC(N)C(=O)N[C@H](CCC)C(=O)O. The second-order valence-electron chi connectivity index (χ2n) is 3.32. The van der Waals surface area contributed by atoms with Crippen molar-refractivity contribution in [2.75, 3.05) is 0 Å². The molecule has 0 aliphatic carbocycles. The molecule has 0 heterocycles. The fourth-order valence-corrected chi connectivity index (χ4v) is 1.11. The molecule has 2 atom stereocenters. The van der Waals surface area contributed by atoms with Crippen LogP contribution in [0.15, 0.2) is 12.7 Å². The minimum absolute atomic E-state index is 0.338. The van der Waals surface area contributed by atoms with Crippen molar-refractivity contribution in [3.05, 3.63) is 12.7 Å². The molecule has 4 N–H and O–H groups in total. The third-order valence-corrected chi connectivity index (χ3v) is 1.95. The van der Waals surface area contributed by atoms with Crippen LogP contribution in [0.25, 0.3) is 0 Å². The van der Waals surface area contributed by atoms with Gasteiger partial charge in [-0.2, -0.15) is 0 Å². The van der Waals surface area contributed by atoms with Gasteiger partial charge in [-0.25, -0.2) is 4.79 Å². The summed E-state index contributed by atoms with van der Waals surface area (Å²) in [6, 6.07) is -1.57. The summed E-state index contributed by atoms with van der Waals surface area (Å²) in [7, 11) is 0. The maximum atomic E-state index is 11.4. The lowest BCUT2D eigenvalue weighted by Crippen LogP contribution is -2.48. The summed E-state index contributed by atoms with van der Waals surface area (Å²) >= 11 is 0. The first-order chi connectivity index (χ1) is 7.02. The Hall–Kier alpha value is -1.36. The second-order valence-corrected chi connectivity index (χ2v) is 3.32. The second kappa shape index (κ2) is 7.00. The topological polar surface area (TPSA) is 92.4 Å². The third-order valence-electron chi connectivity index (χ3n) is 1.95. The highest BCUT2D eigenvalue weighted by molar-refractivity contribution is 5.86. The van der Waals surface area contributed by atoms with E-state index in [0.29, 0.717) is 19.3 Å². The summed E-state index contributed by atoms with van der Waals surface area (Å²) in [6.45, 7) is 5.31. The Morgan fingerprint density at radius 1 is 1.60 bits per heavy atom. The number of rotatable bonds is 7. The maximum Gasteiger partial charge on any atom is 0.326 e. The molecule has 0 radical (unpaired) electrons. The van der Waals surface area contributed by atoms with Crippen LogP contribution in [-0.2, 0) is 9.59 Å². The molecular formula is C10H18N2O3. The number of hydrogen-bond acceptors (Lipinski definition) is 3. The van der Waals surface area contributed by atoms with E-state index in [9.17, 15) is 9.59 Å². The van der Waals surface area contributed by atoms with Crippen LogP contribution in [0.3, 0.4) is 0 Å². The van der Waals surface area contributed by atoms with Crippen LogP contribution in [0.5, 0.6) is 0 Å². The Morgan fingerprint density at radius 3 is 2.60 bits per heavy atom. The Morgan fingerprint density at radius 2 is 2.20 bits per heavy atom. The normalized spacial score (nSPS) is 14.0. The molecule has 0 aromatic carbocycles. The molecule has 0 aliphatic rings. The summed E-state index contributed by atoms with van der Waals surface area (Å²) in [5.74, 6) is -1.48. The van der Waals surface area contributed by atoms with Gasteiger partial charge in [-0.15, -0.1) is 6.58 Å². The van der Waals surface area contributed by atoms with Gasteiger partial charge in [-0.3, -0.25) is 4.79 Å². The lowest BCUT2D eigenvalue weighted by Gasteiger charge is -2.16. The van der Waals surface area contributed by atoms with Crippen molar-refractivity contribution in [2.45, 2.75) is 38.3 Å². The van der Waals surface area contributed by atoms with E-state index in [1.807, 2.05) is 6.92 Å². The number of carboxylic acid groups (broad SMARTS) is 1. The fourth-order valence-electron chi connectivity index (χ4n) is 1.11. The van der Waals surface area contributed by atoms with Gasteiger partial charge in [0.05, 0.1) is 6.04 Å². The van der Waals surface area contributed by atoms with Gasteiger partial charge in [0.15, 0.2) is 0 Å². The van der Waals surface area contributed by atoms with Crippen LogP contribution in [0.1, 0.15) is 26.2 Å². The van der Waals surface area contributed by atoms with Crippen LogP contribution < -0.4 is 11.1 Å². The highest BCUT2D eigenvalue weighted by Gasteiger charge is 2.21. The number of nitrogens with two attached hydrogens (primary N) is 1. The highest BCUT2D eigenvalue weighted by Crippen LogP contribution is 1.98. The largest absolute Gasteiger partial charge is 0.480 e. The van der Waals surface area contributed by atoms with E-state index in [4.69, 9.17) is 10.8 Å². The number of carbonyl (C=O) groups is 2. The Balaban J connectivity index is 4.21. The Bertz CT molecular complexity index is 241. The standard InChI is InChI=1S/C10H18N2O3/c1-3-5-7(11)9(13)12-8(6-4-2)10(14)15/h3,7-8H,1,4-6,11H2,2H3,(H,12,13)(H,14,15)/t7?,8-/m1/s1. The highest BCUT2D eigenvalue weighted by atomic mass is 16.4. The van der Waals surface area contributed by atoms with Crippen molar-refractivity contribution in [1.82, 2.24) is 5.32 Å². The molecule has 15 heavy (non-hydrogen) atoms. The molecule has 5 nitrogen and oxygen atoms in total. The number of carbonyl (C=O) groups excluding carboxylic acids is 1. The predicted octanol–water partition coefficient (Wildman–Crippen LogP) is 0.259. The van der Waals surface area contributed by atoms with Gasteiger partial charge in [-0.1, -0.05) is 19.4 Å². The van der Waals surface area contributed by atoms with Crippen LogP contribution in [0.2, 0.25) is 0 Å². The number of aliphatic carboxylic acids is 1.